The number of rotatable bonds is 3. The third-order valence-electron chi connectivity index (χ3n) is 3.05. The minimum atomic E-state index is 0.614. The number of ether oxygens (including phenoxy) is 2. The van der Waals surface area contributed by atoms with Crippen molar-refractivity contribution in [1.29, 1.82) is 0 Å². The summed E-state index contributed by atoms with van der Waals surface area (Å²) in [5, 5.41) is 4.14. The fourth-order valence-corrected chi connectivity index (χ4v) is 1.91. The van der Waals surface area contributed by atoms with Gasteiger partial charge in [0.05, 0.1) is 20.4 Å². The number of nitrogens with two attached hydrogens (primary N) is 1. The van der Waals surface area contributed by atoms with Gasteiger partial charge >= 0.3 is 0 Å². The molecule has 0 aliphatic heterocycles. The molecule has 96 valence electrons. The number of methoxy groups -OCH3 is 2. The number of aryl methyl sites for hydroxylation is 1. The fourth-order valence-electron chi connectivity index (χ4n) is 1.91. The molecule has 0 spiro atoms. The van der Waals surface area contributed by atoms with Crippen molar-refractivity contribution in [1.82, 2.24) is 9.78 Å². The maximum absolute atomic E-state index is 5.97. The Morgan fingerprint density at radius 1 is 1.17 bits per heavy atom. The highest BCUT2D eigenvalue weighted by molar-refractivity contribution is 5.76. The molecule has 5 nitrogen and oxygen atoms in total. The SMILES string of the molecule is COc1cc(-c2cnn(C)c2N)cc(OC)c1C. The molecule has 0 bridgehead atoms. The smallest absolute Gasteiger partial charge is 0.129 e. The normalized spacial score (nSPS) is 10.4. The first-order valence-corrected chi connectivity index (χ1v) is 5.59. The van der Waals surface area contributed by atoms with E-state index in [1.165, 1.54) is 0 Å². The highest BCUT2D eigenvalue weighted by Crippen LogP contribution is 2.35. The molecule has 2 aromatic rings. The zero-order valence-corrected chi connectivity index (χ0v) is 11.0. The number of aromatic nitrogens is 2. The van der Waals surface area contributed by atoms with E-state index in [4.69, 9.17) is 15.2 Å². The van der Waals surface area contributed by atoms with Gasteiger partial charge in [-0.25, -0.2) is 0 Å². The second-order valence-corrected chi connectivity index (χ2v) is 4.07. The minimum absolute atomic E-state index is 0.614. The Morgan fingerprint density at radius 3 is 2.11 bits per heavy atom. The van der Waals surface area contributed by atoms with Crippen LogP contribution in [0, 0.1) is 6.92 Å². The number of nitrogens with zero attached hydrogens (tertiary/aromatic N) is 2. The maximum atomic E-state index is 5.97. The van der Waals surface area contributed by atoms with Crippen LogP contribution >= 0.6 is 0 Å². The van der Waals surface area contributed by atoms with Gasteiger partial charge in [-0.1, -0.05) is 0 Å². The number of anilines is 1. The van der Waals surface area contributed by atoms with Gasteiger partial charge in [-0.15, -0.1) is 0 Å². The second-order valence-electron chi connectivity index (χ2n) is 4.07. The Labute approximate surface area is 106 Å². The molecule has 0 aliphatic rings. The van der Waals surface area contributed by atoms with E-state index in [0.29, 0.717) is 5.82 Å². The van der Waals surface area contributed by atoms with Crippen LogP contribution in [0.2, 0.25) is 0 Å². The van der Waals surface area contributed by atoms with E-state index in [1.807, 2.05) is 26.1 Å². The second kappa shape index (κ2) is 4.60. The minimum Gasteiger partial charge on any atom is -0.496 e. The number of nitrogen functional groups attached to an aromatic ring is 1. The van der Waals surface area contributed by atoms with Crippen LogP contribution in [0.1, 0.15) is 5.56 Å². The summed E-state index contributed by atoms with van der Waals surface area (Å²) in [6.07, 6.45) is 1.74. The standard InChI is InChI=1S/C13H17N3O2/c1-8-11(17-3)5-9(6-12(8)18-4)10-7-15-16(2)13(10)14/h5-7H,14H2,1-4H3. The summed E-state index contributed by atoms with van der Waals surface area (Å²) in [4.78, 5) is 0. The lowest BCUT2D eigenvalue weighted by Gasteiger charge is -2.12. The van der Waals surface area contributed by atoms with Gasteiger partial charge in [0.15, 0.2) is 0 Å². The van der Waals surface area contributed by atoms with Crippen LogP contribution in [0.5, 0.6) is 11.5 Å². The van der Waals surface area contributed by atoms with Crippen LogP contribution in [0.3, 0.4) is 0 Å². The first-order valence-electron chi connectivity index (χ1n) is 5.59. The Morgan fingerprint density at radius 2 is 1.72 bits per heavy atom. The van der Waals surface area contributed by atoms with E-state index in [9.17, 15) is 0 Å². The first-order chi connectivity index (χ1) is 8.58. The van der Waals surface area contributed by atoms with Crippen molar-refractivity contribution in [2.24, 2.45) is 7.05 Å². The zero-order chi connectivity index (χ0) is 13.3. The fraction of sp³-hybridized carbons (Fsp3) is 0.308. The van der Waals surface area contributed by atoms with Gasteiger partial charge in [0.25, 0.3) is 0 Å². The molecule has 0 amide bonds. The summed E-state index contributed by atoms with van der Waals surface area (Å²) in [7, 11) is 5.08. The predicted molar refractivity (Wildman–Crippen MR) is 70.9 cm³/mol. The quantitative estimate of drug-likeness (QED) is 0.901. The van der Waals surface area contributed by atoms with Gasteiger partial charge < -0.3 is 15.2 Å². The van der Waals surface area contributed by atoms with Gasteiger partial charge in [0.2, 0.25) is 0 Å². The van der Waals surface area contributed by atoms with E-state index in [1.54, 1.807) is 25.1 Å². The molecular formula is C13H17N3O2. The van der Waals surface area contributed by atoms with Crippen molar-refractivity contribution >= 4 is 5.82 Å². The van der Waals surface area contributed by atoms with Gasteiger partial charge in [0, 0.05) is 18.2 Å². The summed E-state index contributed by atoms with van der Waals surface area (Å²) in [5.74, 6) is 2.16. The van der Waals surface area contributed by atoms with E-state index in [0.717, 1.165) is 28.2 Å². The van der Waals surface area contributed by atoms with Gasteiger partial charge in [0.1, 0.15) is 17.3 Å². The van der Waals surface area contributed by atoms with Crippen LogP contribution in [-0.4, -0.2) is 24.0 Å². The van der Waals surface area contributed by atoms with E-state index < -0.39 is 0 Å². The summed E-state index contributed by atoms with van der Waals surface area (Å²) >= 11 is 0. The summed E-state index contributed by atoms with van der Waals surface area (Å²) in [6, 6.07) is 3.87. The van der Waals surface area contributed by atoms with E-state index in [-0.39, 0.29) is 0 Å². The van der Waals surface area contributed by atoms with Crippen LogP contribution in [0.25, 0.3) is 11.1 Å². The average Bonchev–Trinajstić information content (AvgIpc) is 2.70. The van der Waals surface area contributed by atoms with Crippen molar-refractivity contribution in [3.8, 4) is 22.6 Å². The first kappa shape index (κ1) is 12.3. The van der Waals surface area contributed by atoms with Crippen molar-refractivity contribution in [3.63, 3.8) is 0 Å². The third kappa shape index (κ3) is 1.88. The monoisotopic (exact) mass is 247 g/mol. The molecule has 1 heterocycles. The lowest BCUT2D eigenvalue weighted by Crippen LogP contribution is -1.98. The van der Waals surface area contributed by atoms with Crippen molar-refractivity contribution in [2.75, 3.05) is 20.0 Å². The summed E-state index contributed by atoms with van der Waals surface area (Å²) < 4.78 is 12.3. The van der Waals surface area contributed by atoms with Crippen LogP contribution < -0.4 is 15.2 Å². The van der Waals surface area contributed by atoms with Crippen molar-refractivity contribution < 1.29 is 9.47 Å². The number of hydrogen-bond acceptors (Lipinski definition) is 4. The number of hydrogen-bond donors (Lipinski definition) is 1. The molecule has 0 saturated heterocycles. The van der Waals surface area contributed by atoms with Gasteiger partial charge in [-0.05, 0) is 24.6 Å². The molecule has 18 heavy (non-hydrogen) atoms. The molecular weight excluding hydrogens is 230 g/mol. The largest absolute Gasteiger partial charge is 0.496 e. The molecule has 0 fully saturated rings. The molecule has 0 atom stereocenters. The number of benzene rings is 1. The molecule has 0 radical (unpaired) electrons. The molecule has 1 aromatic heterocycles. The average molecular weight is 247 g/mol. The zero-order valence-electron chi connectivity index (χ0n) is 11.0. The molecule has 5 heteroatoms. The lowest BCUT2D eigenvalue weighted by molar-refractivity contribution is 0.389. The third-order valence-corrected chi connectivity index (χ3v) is 3.05. The van der Waals surface area contributed by atoms with Crippen LogP contribution in [0.4, 0.5) is 5.82 Å². The molecule has 0 saturated carbocycles. The van der Waals surface area contributed by atoms with Gasteiger partial charge in [-0.3, -0.25) is 4.68 Å². The summed E-state index contributed by atoms with van der Waals surface area (Å²) in [5.41, 5.74) is 8.74. The Balaban J connectivity index is 2.61. The Hall–Kier alpha value is -2.17. The predicted octanol–water partition coefficient (Wildman–Crippen LogP) is 1.99. The van der Waals surface area contributed by atoms with Crippen molar-refractivity contribution in [3.05, 3.63) is 23.9 Å². The van der Waals surface area contributed by atoms with Crippen molar-refractivity contribution in [2.45, 2.75) is 6.92 Å². The molecule has 1 aromatic carbocycles. The highest BCUT2D eigenvalue weighted by Gasteiger charge is 2.13. The molecule has 0 aliphatic carbocycles. The Kier molecular flexibility index (Phi) is 3.14. The molecule has 2 rings (SSSR count). The van der Waals surface area contributed by atoms with Crippen LogP contribution in [0.15, 0.2) is 18.3 Å². The topological polar surface area (TPSA) is 62.3 Å². The maximum Gasteiger partial charge on any atom is 0.129 e. The molecule has 0 unspecified atom stereocenters. The lowest BCUT2D eigenvalue weighted by atomic mass is 10.0. The summed E-state index contributed by atoms with van der Waals surface area (Å²) in [6.45, 7) is 1.95. The van der Waals surface area contributed by atoms with Gasteiger partial charge in [-0.2, -0.15) is 5.10 Å². The van der Waals surface area contributed by atoms with E-state index >= 15 is 0 Å². The highest BCUT2D eigenvalue weighted by atomic mass is 16.5. The van der Waals surface area contributed by atoms with E-state index in [2.05, 4.69) is 5.10 Å². The van der Waals surface area contributed by atoms with Crippen LogP contribution in [-0.2, 0) is 7.05 Å². The Bertz CT molecular complexity index is 551. The molecule has 2 N–H and O–H groups in total.